The molecule has 0 saturated carbocycles. The third-order valence-electron chi connectivity index (χ3n) is 7.99. The molecule has 1 N–H and O–H groups in total. The minimum absolute atomic E-state index is 0.0276. The Morgan fingerprint density at radius 2 is 1.67 bits per heavy atom. The Morgan fingerprint density at radius 3 is 2.35 bits per heavy atom. The van der Waals surface area contributed by atoms with Gasteiger partial charge < -0.3 is 56.1 Å². The summed E-state index contributed by atoms with van der Waals surface area (Å²) in [6, 6.07) is 2.27. The lowest BCUT2D eigenvalue weighted by atomic mass is 9.16. The summed E-state index contributed by atoms with van der Waals surface area (Å²) in [7, 11) is 22.4. The van der Waals surface area contributed by atoms with Gasteiger partial charge in [0.2, 0.25) is 5.91 Å². The lowest BCUT2D eigenvalue weighted by Gasteiger charge is -2.31. The number of carbonyl (C=O) groups is 2. The summed E-state index contributed by atoms with van der Waals surface area (Å²) in [4.78, 5) is 24.0. The van der Waals surface area contributed by atoms with Crippen LogP contribution in [0.1, 0.15) is 44.9 Å². The number of nitriles is 2. The molecule has 52 heavy (non-hydrogen) atoms. The summed E-state index contributed by atoms with van der Waals surface area (Å²) in [6.07, 6.45) is 0.857. The number of hydrogen-bond donors (Lipinski definition) is 1. The van der Waals surface area contributed by atoms with Crippen LogP contribution in [0, 0.1) is 22.7 Å². The van der Waals surface area contributed by atoms with Crippen LogP contribution in [-0.4, -0.2) is 165 Å². The molecule has 3 saturated heterocycles. The lowest BCUT2D eigenvalue weighted by Crippen LogP contribution is -2.33. The van der Waals surface area contributed by atoms with Crippen molar-refractivity contribution in [3.05, 3.63) is 0 Å². The first-order valence-corrected chi connectivity index (χ1v) is 19.6. The zero-order valence-corrected chi connectivity index (χ0v) is 31.2. The largest absolute Gasteiger partial charge is 0.459 e. The fourth-order valence-electron chi connectivity index (χ4n) is 5.37. The van der Waals surface area contributed by atoms with Crippen molar-refractivity contribution in [3.8, 4) is 12.1 Å². The molecule has 0 aromatic rings. The normalized spacial score (nSPS) is 30.1. The van der Waals surface area contributed by atoms with E-state index in [1.54, 1.807) is 0 Å². The van der Waals surface area contributed by atoms with Gasteiger partial charge in [0.15, 0.2) is 0 Å². The Balaban J connectivity index is 1.69. The second-order valence-corrected chi connectivity index (χ2v) is 15.1. The van der Waals surface area contributed by atoms with Gasteiger partial charge in [-0.05, 0) is 19.1 Å². The molecule has 0 aromatic heterocycles. The number of nitrogens with one attached hydrogen (secondary N) is 1. The number of nitrogens with zero attached hydrogens (tertiary/aromatic N) is 2. The Labute approximate surface area is 313 Å². The van der Waals surface area contributed by atoms with E-state index in [0.29, 0.717) is 6.42 Å². The van der Waals surface area contributed by atoms with E-state index in [9.17, 15) is 9.59 Å². The van der Waals surface area contributed by atoms with Crippen LogP contribution in [0.2, 0.25) is 0 Å². The van der Waals surface area contributed by atoms with Crippen LogP contribution in [0.15, 0.2) is 0 Å². The average Bonchev–Trinajstić information content (AvgIpc) is 3.81. The smallest absolute Gasteiger partial charge is 0.333 e. The molecular weight excluding hydrogens is 713 g/mol. The molecule has 24 heteroatoms. The van der Waals surface area contributed by atoms with Crippen LogP contribution in [0.5, 0.6) is 0 Å². The summed E-state index contributed by atoms with van der Waals surface area (Å²) in [6.45, 7) is -0.815. The summed E-state index contributed by atoms with van der Waals surface area (Å²) in [5.41, 5.74) is 0. The van der Waals surface area contributed by atoms with Gasteiger partial charge in [0.25, 0.3) is 7.57 Å². The molecule has 0 aliphatic carbocycles. The van der Waals surface area contributed by atoms with Gasteiger partial charge in [-0.1, -0.05) is 0 Å². The molecule has 3 heterocycles. The summed E-state index contributed by atoms with van der Waals surface area (Å²) < 4.78 is 65.0. The third-order valence-corrected chi connectivity index (χ3v) is 10.9. The van der Waals surface area contributed by atoms with Crippen LogP contribution in [0.3, 0.4) is 0 Å². The molecule has 3 rings (SSSR count). The van der Waals surface area contributed by atoms with E-state index in [-0.39, 0.29) is 77.5 Å². The molecule has 3 aliphatic heterocycles. The highest BCUT2D eigenvalue weighted by Crippen LogP contribution is 2.53. The second kappa shape index (κ2) is 23.5. The van der Waals surface area contributed by atoms with Gasteiger partial charge in [0.1, 0.15) is 32.3 Å². The first kappa shape index (κ1) is 45.0. The molecule has 0 bridgehead atoms. The highest BCUT2D eigenvalue weighted by molar-refractivity contribution is 7.59. The number of amides is 1. The minimum Gasteiger partial charge on any atom is -0.459 e. The first-order chi connectivity index (χ1) is 24.9. The maximum Gasteiger partial charge on any atom is 0.333 e. The molecule has 11 atom stereocenters. The van der Waals surface area contributed by atoms with Gasteiger partial charge in [-0.3, -0.25) is 9.59 Å². The molecule has 9 radical (unpaired) electrons. The predicted octanol–water partition coefficient (Wildman–Crippen LogP) is -0.135. The summed E-state index contributed by atoms with van der Waals surface area (Å²) in [5.74, 6) is -0.897. The maximum atomic E-state index is 12.4. The minimum atomic E-state index is -3.46. The van der Waals surface area contributed by atoms with Gasteiger partial charge in [-0.2, -0.15) is 10.5 Å². The monoisotopic (exact) mass is 756 g/mol. The Morgan fingerprint density at radius 1 is 0.962 bits per heavy atom. The topological polar surface area (TPSA) is 195 Å². The molecule has 1 amide bonds. The van der Waals surface area contributed by atoms with Gasteiger partial charge >= 0.3 is 14.6 Å². The Kier molecular flexibility index (Phi) is 20.4. The predicted molar refractivity (Wildman–Crippen MR) is 194 cm³/mol. The van der Waals surface area contributed by atoms with Crippen molar-refractivity contribution in [2.24, 2.45) is 0 Å². The van der Waals surface area contributed by atoms with E-state index in [2.05, 4.69) is 11.6 Å². The molecule has 0 spiro atoms. The summed E-state index contributed by atoms with van der Waals surface area (Å²) in [5, 5.41) is 20.7. The van der Waals surface area contributed by atoms with Crippen molar-refractivity contribution in [1.82, 2.24) is 5.32 Å². The van der Waals surface area contributed by atoms with Crippen molar-refractivity contribution >= 4 is 79.1 Å². The maximum absolute atomic E-state index is 12.4. The molecule has 5 unspecified atom stereocenters. The lowest BCUT2D eigenvalue weighted by molar-refractivity contribution is -0.153. The van der Waals surface area contributed by atoms with Gasteiger partial charge in [-0.25, -0.2) is 0 Å². The zero-order valence-electron chi connectivity index (χ0n) is 29.4. The molecule has 275 valence electrons. The van der Waals surface area contributed by atoms with Gasteiger partial charge in [-0.15, -0.1) is 0 Å². The highest BCUT2D eigenvalue weighted by Gasteiger charge is 2.43. The Bertz CT molecular complexity index is 1260. The van der Waals surface area contributed by atoms with Crippen LogP contribution >= 0.6 is 16.2 Å². The van der Waals surface area contributed by atoms with Gasteiger partial charge in [0, 0.05) is 68.2 Å². The number of esters is 1. The van der Waals surface area contributed by atoms with Crippen molar-refractivity contribution in [1.29, 1.82) is 10.5 Å². The van der Waals surface area contributed by atoms with Gasteiger partial charge in [0.05, 0.1) is 90.3 Å². The van der Waals surface area contributed by atoms with Crippen molar-refractivity contribution in [2.75, 3.05) is 47.2 Å². The average molecular weight is 755 g/mol. The van der Waals surface area contributed by atoms with E-state index in [1.165, 1.54) is 21.3 Å². The molecule has 3 fully saturated rings. The molecule has 16 nitrogen and oxygen atoms in total. The number of carbonyl (C=O) groups excluding carboxylic acids is 2. The number of hydrogen-bond acceptors (Lipinski definition) is 15. The number of rotatable bonds is 24. The summed E-state index contributed by atoms with van der Waals surface area (Å²) >= 11 is 0. The van der Waals surface area contributed by atoms with E-state index < -0.39 is 83.3 Å². The third kappa shape index (κ3) is 15.1. The van der Waals surface area contributed by atoms with E-state index in [4.69, 9.17) is 92.4 Å². The van der Waals surface area contributed by atoms with Crippen LogP contribution in [0.4, 0.5) is 0 Å². The van der Waals surface area contributed by atoms with Crippen LogP contribution in [0.25, 0.3) is 0 Å². The molecule has 3 aliphatic rings. The molecule has 0 aromatic carbocycles. The van der Waals surface area contributed by atoms with Crippen LogP contribution in [-0.2, 0) is 60.4 Å². The number of ether oxygens (including phenoxy) is 5. The first-order valence-electron chi connectivity index (χ1n) is 16.8. The van der Waals surface area contributed by atoms with Crippen molar-refractivity contribution in [3.63, 3.8) is 0 Å². The van der Waals surface area contributed by atoms with E-state index >= 15 is 0 Å². The molecular formula is C28H42B6N3O13P2. The number of methoxy groups -OCH3 is 1. The zero-order chi connectivity index (χ0) is 38.1. The quantitative estimate of drug-likeness (QED) is 0.0592. The van der Waals surface area contributed by atoms with Crippen molar-refractivity contribution in [2.45, 2.75) is 99.6 Å². The standard InChI is InChI=1S/C28H42B6N3O13P2/c1-37-27(38)6-7-28(39)48-18-12-24(29)45-23(18)17-44-52(3,43-11-5-9-36)50-20-13-25(33-30)46-22(20)16-42-51(41-10-4-8-35)49-19-14-26(34(31)32)47-21(19)15-40-2/h18-26H,3-7,10-17H2,1-2H3,(H,37,38)/t18?,19?,20?,21-,22-,23-,24-,25-,26-,51?,52?/m1/s1. The van der Waals surface area contributed by atoms with E-state index in [0.717, 1.165) is 0 Å². The van der Waals surface area contributed by atoms with Crippen LogP contribution < -0.4 is 5.32 Å². The SMILES string of the molecule is [B][B][C@H]1CC(OP(=C)(OCCC#N)OC[C@H]2O[C@@H]([B])CC2OC(=O)CCC(=O)NC)[C@@H](COP(OCCC#N)OC2C[C@H](B([B])[B])O[C@@H]2COC)O1. The fraction of sp³-hybridized carbons (Fsp3) is 0.821. The highest BCUT2D eigenvalue weighted by atomic mass is 31.2. The fourth-order valence-corrected chi connectivity index (χ4v) is 8.09. The Hall–Kier alpha value is -1.36. The van der Waals surface area contributed by atoms with E-state index in [1.807, 2.05) is 12.1 Å². The second-order valence-electron chi connectivity index (χ2n) is 12.0. The van der Waals surface area contributed by atoms with Crippen molar-refractivity contribution < 1.29 is 60.4 Å².